The Hall–Kier alpha value is -1.76. The molecule has 31 heavy (non-hydrogen) atoms. The lowest BCUT2D eigenvalue weighted by Gasteiger charge is -2.48. The Morgan fingerprint density at radius 1 is 1.35 bits per heavy atom. The van der Waals surface area contributed by atoms with E-state index in [1.54, 1.807) is 39.0 Å². The summed E-state index contributed by atoms with van der Waals surface area (Å²) in [6, 6.07) is 0. The van der Waals surface area contributed by atoms with E-state index < -0.39 is 41.7 Å². The highest BCUT2D eigenvalue weighted by molar-refractivity contribution is 5.96. The van der Waals surface area contributed by atoms with Crippen LogP contribution in [0.4, 0.5) is 0 Å². The predicted octanol–water partition coefficient (Wildman–Crippen LogP) is 2.33. The number of ketones is 1. The summed E-state index contributed by atoms with van der Waals surface area (Å²) in [5.41, 5.74) is -2.36. The molecule has 170 valence electrons. The first-order valence-electron chi connectivity index (χ1n) is 11.2. The van der Waals surface area contributed by atoms with E-state index in [0.717, 1.165) is 6.42 Å². The molecule has 0 amide bonds. The summed E-state index contributed by atoms with van der Waals surface area (Å²) < 4.78 is 5.72. The summed E-state index contributed by atoms with van der Waals surface area (Å²) in [6.07, 6.45) is 3.04. The highest BCUT2D eigenvalue weighted by Crippen LogP contribution is 2.71. The van der Waals surface area contributed by atoms with Crippen LogP contribution >= 0.6 is 0 Å². The summed E-state index contributed by atoms with van der Waals surface area (Å²) in [5.74, 6) is -1.13. The molecule has 0 radical (unpaired) electrons. The van der Waals surface area contributed by atoms with Gasteiger partial charge < -0.3 is 20.1 Å². The summed E-state index contributed by atoms with van der Waals surface area (Å²) in [7, 11) is 0. The van der Waals surface area contributed by atoms with Crippen LogP contribution in [0.3, 0.4) is 0 Å². The van der Waals surface area contributed by atoms with Gasteiger partial charge in [0.15, 0.2) is 17.5 Å². The van der Waals surface area contributed by atoms with Crippen LogP contribution in [0.2, 0.25) is 0 Å². The van der Waals surface area contributed by atoms with Gasteiger partial charge in [-0.1, -0.05) is 39.0 Å². The Bertz CT molecular complexity index is 926. The SMILES string of the molecule is CC=C(C)C(=O)O[C@H]1C(C)=C[C@]23C(=O)[C@H](C=C(CO)[C@@H](O)[C@]12O)[C@H]1[C@@H](C[C@H]3C)C1(C)C. The number of esters is 1. The van der Waals surface area contributed by atoms with Crippen LogP contribution in [0.1, 0.15) is 48.0 Å². The van der Waals surface area contributed by atoms with E-state index in [4.69, 9.17) is 4.74 Å². The summed E-state index contributed by atoms with van der Waals surface area (Å²) >= 11 is 0. The number of carbonyl (C=O) groups is 2. The van der Waals surface area contributed by atoms with Crippen LogP contribution in [0.15, 0.2) is 34.9 Å². The van der Waals surface area contributed by atoms with Gasteiger partial charge in [-0.3, -0.25) is 4.79 Å². The third-order valence-electron chi connectivity index (χ3n) is 8.88. The van der Waals surface area contributed by atoms with Crippen LogP contribution in [0.5, 0.6) is 0 Å². The van der Waals surface area contributed by atoms with E-state index in [1.807, 2.05) is 6.92 Å². The van der Waals surface area contributed by atoms with Crippen LogP contribution in [0, 0.1) is 34.5 Å². The third kappa shape index (κ3) is 2.61. The van der Waals surface area contributed by atoms with Gasteiger partial charge >= 0.3 is 5.97 Å². The number of ether oxygens (including phenoxy) is 1. The number of rotatable bonds is 3. The largest absolute Gasteiger partial charge is 0.451 e. The van der Waals surface area contributed by atoms with Crippen LogP contribution in [-0.4, -0.2) is 51.5 Å². The van der Waals surface area contributed by atoms with Crippen molar-refractivity contribution in [2.24, 2.45) is 34.5 Å². The number of aliphatic hydroxyl groups is 3. The monoisotopic (exact) mass is 430 g/mol. The van der Waals surface area contributed by atoms with Gasteiger partial charge in [0.2, 0.25) is 0 Å². The van der Waals surface area contributed by atoms with Gasteiger partial charge in [0, 0.05) is 11.5 Å². The van der Waals surface area contributed by atoms with Crippen LogP contribution < -0.4 is 0 Å². The lowest BCUT2D eigenvalue weighted by atomic mass is 9.59. The summed E-state index contributed by atoms with van der Waals surface area (Å²) in [6.45, 7) is 10.8. The lowest BCUT2D eigenvalue weighted by molar-refractivity contribution is -0.201. The highest BCUT2D eigenvalue weighted by atomic mass is 16.6. The first-order valence-corrected chi connectivity index (χ1v) is 11.2. The number of carbonyl (C=O) groups excluding carboxylic acids is 2. The van der Waals surface area contributed by atoms with Crippen molar-refractivity contribution in [2.45, 2.75) is 65.8 Å². The van der Waals surface area contributed by atoms with Crippen molar-refractivity contribution in [1.29, 1.82) is 0 Å². The molecule has 0 aromatic heterocycles. The summed E-state index contributed by atoms with van der Waals surface area (Å²) in [4.78, 5) is 26.8. The fourth-order valence-corrected chi connectivity index (χ4v) is 6.91. The minimum atomic E-state index is -2.08. The molecule has 4 aliphatic rings. The second-order valence-corrected chi connectivity index (χ2v) is 10.6. The fraction of sp³-hybridized carbons (Fsp3) is 0.680. The maximum Gasteiger partial charge on any atom is 0.334 e. The van der Waals surface area contributed by atoms with E-state index >= 15 is 0 Å². The van der Waals surface area contributed by atoms with Crippen molar-refractivity contribution in [3.63, 3.8) is 0 Å². The van der Waals surface area contributed by atoms with Gasteiger partial charge in [-0.25, -0.2) is 4.79 Å². The average molecular weight is 431 g/mol. The van der Waals surface area contributed by atoms with Gasteiger partial charge in [0.25, 0.3) is 0 Å². The molecule has 0 unspecified atom stereocenters. The second-order valence-electron chi connectivity index (χ2n) is 10.6. The number of fused-ring (bicyclic) bond motifs is 3. The van der Waals surface area contributed by atoms with Crippen molar-refractivity contribution < 1.29 is 29.6 Å². The molecule has 0 saturated heterocycles. The highest BCUT2D eigenvalue weighted by Gasteiger charge is 2.76. The number of hydrogen-bond donors (Lipinski definition) is 3. The van der Waals surface area contributed by atoms with E-state index in [2.05, 4.69) is 13.8 Å². The molecule has 6 nitrogen and oxygen atoms in total. The lowest BCUT2D eigenvalue weighted by Crippen LogP contribution is -2.65. The Labute approximate surface area is 183 Å². The average Bonchev–Trinajstić information content (AvgIpc) is 3.21. The molecule has 8 atom stereocenters. The molecule has 2 bridgehead atoms. The minimum Gasteiger partial charge on any atom is -0.451 e. The molecule has 2 saturated carbocycles. The van der Waals surface area contributed by atoms with Gasteiger partial charge in [0.1, 0.15) is 6.10 Å². The molecule has 4 rings (SSSR count). The molecule has 4 aliphatic carbocycles. The maximum atomic E-state index is 14.2. The topological polar surface area (TPSA) is 104 Å². The molecule has 0 aromatic rings. The molecule has 6 heteroatoms. The zero-order valence-corrected chi connectivity index (χ0v) is 19.2. The van der Waals surface area contributed by atoms with Crippen molar-refractivity contribution >= 4 is 11.8 Å². The quantitative estimate of drug-likeness (QED) is 0.361. The van der Waals surface area contributed by atoms with Crippen LogP contribution in [-0.2, 0) is 14.3 Å². The summed E-state index contributed by atoms with van der Waals surface area (Å²) in [5, 5.41) is 33.7. The van der Waals surface area contributed by atoms with Crippen molar-refractivity contribution in [2.75, 3.05) is 6.61 Å². The molecule has 1 spiro atoms. The smallest absolute Gasteiger partial charge is 0.334 e. The van der Waals surface area contributed by atoms with Gasteiger partial charge in [-0.2, -0.15) is 0 Å². The molecular formula is C25H34O6. The Morgan fingerprint density at radius 3 is 2.58 bits per heavy atom. The zero-order chi connectivity index (χ0) is 23.1. The van der Waals surface area contributed by atoms with Crippen molar-refractivity contribution in [3.05, 3.63) is 34.9 Å². The first kappa shape index (κ1) is 22.4. The fourth-order valence-electron chi connectivity index (χ4n) is 6.91. The van der Waals surface area contributed by atoms with Gasteiger partial charge in [0.05, 0.1) is 12.0 Å². The predicted molar refractivity (Wildman–Crippen MR) is 115 cm³/mol. The molecule has 0 aromatic carbocycles. The third-order valence-corrected chi connectivity index (χ3v) is 8.88. The van der Waals surface area contributed by atoms with E-state index in [9.17, 15) is 24.9 Å². The van der Waals surface area contributed by atoms with E-state index in [0.29, 0.717) is 17.1 Å². The number of aliphatic hydroxyl groups excluding tert-OH is 2. The number of Topliss-reactive ketones (excluding diaryl/α,β-unsaturated/α-hetero) is 1. The molecule has 0 heterocycles. The Balaban J connectivity index is 1.91. The Kier molecular flexibility index (Phi) is 4.97. The van der Waals surface area contributed by atoms with E-state index in [1.165, 1.54) is 0 Å². The van der Waals surface area contributed by atoms with Gasteiger partial charge in [-0.05, 0) is 61.5 Å². The number of allylic oxidation sites excluding steroid dienone is 2. The number of hydrogen-bond acceptors (Lipinski definition) is 6. The molecule has 3 N–H and O–H groups in total. The van der Waals surface area contributed by atoms with Crippen molar-refractivity contribution in [1.82, 2.24) is 0 Å². The first-order chi connectivity index (χ1) is 14.4. The van der Waals surface area contributed by atoms with Gasteiger partial charge in [-0.15, -0.1) is 0 Å². The zero-order valence-electron chi connectivity index (χ0n) is 19.2. The Morgan fingerprint density at radius 2 is 2.00 bits per heavy atom. The standard InChI is InChI=1S/C25H34O6/c1-7-12(2)22(29)31-21-13(3)10-24-14(4)8-17-18(23(17,5)6)16(20(24)28)9-15(11-26)19(27)25(21,24)30/h7,9-10,14,16-19,21,26-27,30H,8,11H2,1-6H3/t14-,16-,17-,18+,19-,21+,24+,25+/m1/s1. The van der Waals surface area contributed by atoms with Crippen molar-refractivity contribution in [3.8, 4) is 0 Å². The maximum absolute atomic E-state index is 14.2. The van der Waals surface area contributed by atoms with E-state index in [-0.39, 0.29) is 28.6 Å². The molecule has 0 aliphatic heterocycles. The molecule has 2 fully saturated rings. The normalized spacial score (nSPS) is 45.6. The minimum absolute atomic E-state index is 0.0209. The van der Waals surface area contributed by atoms with Crippen LogP contribution in [0.25, 0.3) is 0 Å². The second kappa shape index (κ2) is 6.87. The molecular weight excluding hydrogens is 396 g/mol.